The number of nitrogens with zero attached hydrogens (tertiary/aromatic N) is 1. The van der Waals surface area contributed by atoms with Gasteiger partial charge in [-0.25, -0.2) is 4.39 Å². The van der Waals surface area contributed by atoms with Crippen LogP contribution in [0.3, 0.4) is 0 Å². The molecule has 104 valence electrons. The molecule has 0 saturated heterocycles. The molecule has 0 fully saturated rings. The lowest BCUT2D eigenvalue weighted by Crippen LogP contribution is -2.36. The summed E-state index contributed by atoms with van der Waals surface area (Å²) in [7, 11) is 1.47. The van der Waals surface area contributed by atoms with Gasteiger partial charge < -0.3 is 15.8 Å². The molecule has 0 heterocycles. The minimum absolute atomic E-state index is 0.150. The third kappa shape index (κ3) is 4.27. The molecule has 1 amide bonds. The van der Waals surface area contributed by atoms with Gasteiger partial charge in [0.1, 0.15) is 0 Å². The van der Waals surface area contributed by atoms with Gasteiger partial charge in [-0.1, -0.05) is 0 Å². The number of non-ortho nitro benzene ring substituents is 1. The van der Waals surface area contributed by atoms with Crippen LogP contribution in [0.5, 0.6) is 0 Å². The van der Waals surface area contributed by atoms with E-state index in [0.29, 0.717) is 6.61 Å². The Kier molecular flexibility index (Phi) is 5.34. The predicted molar refractivity (Wildman–Crippen MR) is 66.2 cm³/mol. The SMILES string of the molecule is COCCC(N)C(=O)Nc1ccc([N+](=O)[O-])cc1F. The highest BCUT2D eigenvalue weighted by Gasteiger charge is 2.16. The fraction of sp³-hybridized carbons (Fsp3) is 0.364. The van der Waals surface area contributed by atoms with E-state index in [1.165, 1.54) is 7.11 Å². The van der Waals surface area contributed by atoms with E-state index in [0.717, 1.165) is 18.2 Å². The number of nitro benzene ring substituents is 1. The number of hydrogen-bond donors (Lipinski definition) is 2. The Morgan fingerprint density at radius 1 is 1.63 bits per heavy atom. The van der Waals surface area contributed by atoms with Crippen molar-refractivity contribution >= 4 is 17.3 Å². The number of carbonyl (C=O) groups excluding carboxylic acids is 1. The zero-order chi connectivity index (χ0) is 14.4. The normalized spacial score (nSPS) is 11.9. The first kappa shape index (κ1) is 15.0. The molecule has 0 saturated carbocycles. The van der Waals surface area contributed by atoms with E-state index in [1.54, 1.807) is 0 Å². The Hall–Kier alpha value is -2.06. The van der Waals surface area contributed by atoms with Crippen molar-refractivity contribution < 1.29 is 18.8 Å². The molecule has 3 N–H and O–H groups in total. The van der Waals surface area contributed by atoms with Gasteiger partial charge in [0, 0.05) is 19.8 Å². The molecule has 7 nitrogen and oxygen atoms in total. The molecule has 0 radical (unpaired) electrons. The standard InChI is InChI=1S/C11H14FN3O4/c1-19-5-4-9(13)11(16)14-10-3-2-7(15(17)18)6-8(10)12/h2-3,6,9H,4-5,13H2,1H3,(H,14,16). The minimum Gasteiger partial charge on any atom is -0.385 e. The Morgan fingerprint density at radius 2 is 2.32 bits per heavy atom. The number of hydrogen-bond acceptors (Lipinski definition) is 5. The van der Waals surface area contributed by atoms with Gasteiger partial charge in [0.25, 0.3) is 5.69 Å². The van der Waals surface area contributed by atoms with E-state index < -0.39 is 22.7 Å². The fourth-order valence-electron chi connectivity index (χ4n) is 1.32. The van der Waals surface area contributed by atoms with Crippen molar-refractivity contribution in [1.29, 1.82) is 0 Å². The average molecular weight is 271 g/mol. The van der Waals surface area contributed by atoms with Crippen molar-refractivity contribution in [3.8, 4) is 0 Å². The largest absolute Gasteiger partial charge is 0.385 e. The van der Waals surface area contributed by atoms with Crippen molar-refractivity contribution in [2.75, 3.05) is 19.0 Å². The summed E-state index contributed by atoms with van der Waals surface area (Å²) in [5.41, 5.74) is 5.02. The van der Waals surface area contributed by atoms with Crippen LogP contribution < -0.4 is 11.1 Å². The van der Waals surface area contributed by atoms with Crippen molar-refractivity contribution in [3.05, 3.63) is 34.1 Å². The quantitative estimate of drug-likeness (QED) is 0.593. The van der Waals surface area contributed by atoms with E-state index >= 15 is 0 Å². The highest BCUT2D eigenvalue weighted by molar-refractivity contribution is 5.94. The first-order chi connectivity index (χ1) is 8.95. The second-order valence-electron chi connectivity index (χ2n) is 3.80. The Morgan fingerprint density at radius 3 is 2.84 bits per heavy atom. The van der Waals surface area contributed by atoms with Crippen LogP contribution in [0.15, 0.2) is 18.2 Å². The van der Waals surface area contributed by atoms with Crippen LogP contribution >= 0.6 is 0 Å². The predicted octanol–water partition coefficient (Wildman–Crippen LogP) is 1.04. The summed E-state index contributed by atoms with van der Waals surface area (Å²) in [6.45, 7) is 0.303. The van der Waals surface area contributed by atoms with Gasteiger partial charge in [0.2, 0.25) is 5.91 Å². The molecule has 0 aliphatic rings. The van der Waals surface area contributed by atoms with Crippen LogP contribution in [0.25, 0.3) is 0 Å². The van der Waals surface area contributed by atoms with Crippen LogP contribution in [0.1, 0.15) is 6.42 Å². The van der Waals surface area contributed by atoms with Crippen molar-refractivity contribution in [3.63, 3.8) is 0 Å². The second-order valence-corrected chi connectivity index (χ2v) is 3.80. The first-order valence-corrected chi connectivity index (χ1v) is 5.45. The van der Waals surface area contributed by atoms with Crippen LogP contribution in [-0.4, -0.2) is 30.6 Å². The summed E-state index contributed by atoms with van der Waals surface area (Å²) < 4.78 is 18.3. The second kappa shape index (κ2) is 6.76. The molecule has 0 bridgehead atoms. The smallest absolute Gasteiger partial charge is 0.272 e. The highest BCUT2D eigenvalue weighted by Crippen LogP contribution is 2.20. The summed E-state index contributed by atoms with van der Waals surface area (Å²) in [5.74, 6) is -1.47. The highest BCUT2D eigenvalue weighted by atomic mass is 19.1. The summed E-state index contributed by atoms with van der Waals surface area (Å²) in [5, 5.41) is 12.7. The summed E-state index contributed by atoms with van der Waals surface area (Å²) in [6, 6.07) is 2.11. The van der Waals surface area contributed by atoms with Gasteiger partial charge >= 0.3 is 0 Å². The number of carbonyl (C=O) groups is 1. The molecule has 0 aromatic heterocycles. The summed E-state index contributed by atoms with van der Waals surface area (Å²) in [6.07, 6.45) is 0.289. The number of rotatable bonds is 6. The van der Waals surface area contributed by atoms with Crippen LogP contribution in [0.2, 0.25) is 0 Å². The van der Waals surface area contributed by atoms with Gasteiger partial charge in [0.15, 0.2) is 5.82 Å². The Labute approximate surface area is 108 Å². The molecule has 0 aliphatic heterocycles. The number of ether oxygens (including phenoxy) is 1. The number of anilines is 1. The van der Waals surface area contributed by atoms with Gasteiger partial charge in [-0.05, 0) is 12.5 Å². The van der Waals surface area contributed by atoms with E-state index in [9.17, 15) is 19.3 Å². The maximum Gasteiger partial charge on any atom is 0.272 e. The molecule has 19 heavy (non-hydrogen) atoms. The van der Waals surface area contributed by atoms with Crippen molar-refractivity contribution in [2.24, 2.45) is 5.73 Å². The third-order valence-electron chi connectivity index (χ3n) is 2.39. The maximum atomic E-state index is 13.5. The molecule has 1 aromatic carbocycles. The van der Waals surface area contributed by atoms with E-state index in [2.05, 4.69) is 5.32 Å². The molecule has 1 aromatic rings. The number of nitrogens with two attached hydrogens (primary N) is 1. The first-order valence-electron chi connectivity index (χ1n) is 5.45. The number of methoxy groups -OCH3 is 1. The topological polar surface area (TPSA) is 107 Å². The molecule has 0 spiro atoms. The lowest BCUT2D eigenvalue weighted by Gasteiger charge is -2.12. The van der Waals surface area contributed by atoms with Gasteiger partial charge in [-0.3, -0.25) is 14.9 Å². The Balaban J connectivity index is 2.72. The number of halogens is 1. The summed E-state index contributed by atoms with van der Waals surface area (Å²) >= 11 is 0. The molecule has 1 atom stereocenters. The van der Waals surface area contributed by atoms with Gasteiger partial charge in [-0.15, -0.1) is 0 Å². The van der Waals surface area contributed by atoms with E-state index in [-0.39, 0.29) is 17.8 Å². The number of nitro groups is 1. The average Bonchev–Trinajstić information content (AvgIpc) is 2.37. The van der Waals surface area contributed by atoms with Gasteiger partial charge in [-0.2, -0.15) is 0 Å². The van der Waals surface area contributed by atoms with Crippen LogP contribution in [0, 0.1) is 15.9 Å². The maximum absolute atomic E-state index is 13.5. The molecule has 8 heteroatoms. The third-order valence-corrected chi connectivity index (χ3v) is 2.39. The lowest BCUT2D eigenvalue weighted by atomic mass is 10.2. The fourth-order valence-corrected chi connectivity index (χ4v) is 1.32. The van der Waals surface area contributed by atoms with Gasteiger partial charge in [0.05, 0.1) is 22.7 Å². The Bertz CT molecular complexity index is 481. The number of benzene rings is 1. The molecular formula is C11H14FN3O4. The number of amides is 1. The lowest BCUT2D eigenvalue weighted by molar-refractivity contribution is -0.385. The molecule has 1 unspecified atom stereocenters. The number of nitrogens with one attached hydrogen (secondary N) is 1. The van der Waals surface area contributed by atoms with Crippen molar-refractivity contribution in [1.82, 2.24) is 0 Å². The van der Waals surface area contributed by atoms with Crippen LogP contribution in [-0.2, 0) is 9.53 Å². The van der Waals surface area contributed by atoms with Crippen molar-refractivity contribution in [2.45, 2.75) is 12.5 Å². The summed E-state index contributed by atoms with van der Waals surface area (Å²) in [4.78, 5) is 21.3. The zero-order valence-electron chi connectivity index (χ0n) is 10.3. The molecule has 1 rings (SSSR count). The minimum atomic E-state index is -0.888. The zero-order valence-corrected chi connectivity index (χ0v) is 10.3. The molecular weight excluding hydrogens is 257 g/mol. The van der Waals surface area contributed by atoms with E-state index in [4.69, 9.17) is 10.5 Å². The van der Waals surface area contributed by atoms with Crippen LogP contribution in [0.4, 0.5) is 15.8 Å². The monoisotopic (exact) mass is 271 g/mol. The molecule has 0 aliphatic carbocycles. The van der Waals surface area contributed by atoms with E-state index in [1.807, 2.05) is 0 Å².